The summed E-state index contributed by atoms with van der Waals surface area (Å²) in [6, 6.07) is 10.4. The van der Waals surface area contributed by atoms with Crippen molar-refractivity contribution in [1.82, 2.24) is 14.8 Å². The van der Waals surface area contributed by atoms with Crippen molar-refractivity contribution in [2.75, 3.05) is 46.7 Å². The number of amides is 1. The van der Waals surface area contributed by atoms with E-state index in [2.05, 4.69) is 23.0 Å². The highest BCUT2D eigenvalue weighted by Gasteiger charge is 2.26. The van der Waals surface area contributed by atoms with Crippen LogP contribution >= 0.6 is 11.8 Å². The Balaban J connectivity index is 1.49. The SMILES string of the molecule is COc1ccc(CCN(C)C2CCCN(C(=O)CSc3ccncc3)C2)cc1OC. The fraction of sp³-hybridized carbons (Fsp3) is 0.478. The number of benzene rings is 1. The van der Waals surface area contributed by atoms with E-state index in [9.17, 15) is 4.79 Å². The lowest BCUT2D eigenvalue weighted by Gasteiger charge is -2.37. The molecule has 6 nitrogen and oxygen atoms in total. The number of likely N-dealkylation sites (N-methyl/N-ethyl adjacent to an activating group) is 1. The number of likely N-dealkylation sites (tertiary alicyclic amines) is 1. The Labute approximate surface area is 183 Å². The largest absolute Gasteiger partial charge is 0.493 e. The molecule has 162 valence electrons. The molecule has 1 unspecified atom stereocenters. The molecule has 7 heteroatoms. The number of methoxy groups -OCH3 is 2. The normalized spacial score (nSPS) is 16.5. The molecular formula is C23H31N3O3S. The van der Waals surface area contributed by atoms with Gasteiger partial charge < -0.3 is 19.3 Å². The lowest BCUT2D eigenvalue weighted by molar-refractivity contribution is -0.130. The summed E-state index contributed by atoms with van der Waals surface area (Å²) in [5.74, 6) is 2.21. The maximum absolute atomic E-state index is 12.7. The van der Waals surface area contributed by atoms with Crippen LogP contribution in [-0.4, -0.2) is 73.4 Å². The van der Waals surface area contributed by atoms with Gasteiger partial charge in [-0.25, -0.2) is 0 Å². The van der Waals surface area contributed by atoms with E-state index in [0.717, 1.165) is 55.3 Å². The molecule has 1 aromatic carbocycles. The molecule has 30 heavy (non-hydrogen) atoms. The van der Waals surface area contributed by atoms with Gasteiger partial charge in [0.25, 0.3) is 0 Å². The number of pyridine rings is 1. The van der Waals surface area contributed by atoms with Crippen molar-refractivity contribution in [3.05, 3.63) is 48.3 Å². The molecule has 0 radical (unpaired) electrons. The number of aromatic nitrogens is 1. The van der Waals surface area contributed by atoms with E-state index in [1.165, 1.54) is 5.56 Å². The van der Waals surface area contributed by atoms with Crippen LogP contribution in [0.1, 0.15) is 18.4 Å². The number of thioether (sulfide) groups is 1. The Morgan fingerprint density at radius 2 is 1.97 bits per heavy atom. The number of rotatable bonds is 9. The highest BCUT2D eigenvalue weighted by atomic mass is 32.2. The monoisotopic (exact) mass is 429 g/mol. The van der Waals surface area contributed by atoms with Crippen LogP contribution in [0.15, 0.2) is 47.6 Å². The molecule has 2 aromatic rings. The first-order valence-electron chi connectivity index (χ1n) is 10.3. The Morgan fingerprint density at radius 3 is 2.70 bits per heavy atom. The molecule has 1 atom stereocenters. The lowest BCUT2D eigenvalue weighted by atomic mass is 10.0. The van der Waals surface area contributed by atoms with Gasteiger partial charge in [-0.05, 0) is 56.1 Å². The maximum Gasteiger partial charge on any atom is 0.232 e. The van der Waals surface area contributed by atoms with Gasteiger partial charge in [0.1, 0.15) is 0 Å². The van der Waals surface area contributed by atoms with Gasteiger partial charge in [-0.2, -0.15) is 0 Å². The molecule has 2 heterocycles. The number of piperidine rings is 1. The molecule has 0 bridgehead atoms. The summed E-state index contributed by atoms with van der Waals surface area (Å²) >= 11 is 1.58. The van der Waals surface area contributed by atoms with Crippen LogP contribution in [0.2, 0.25) is 0 Å². The van der Waals surface area contributed by atoms with Crippen LogP contribution in [0, 0.1) is 0 Å². The zero-order valence-electron chi connectivity index (χ0n) is 18.0. The lowest BCUT2D eigenvalue weighted by Crippen LogP contribution is -2.49. The third kappa shape index (κ3) is 6.12. The summed E-state index contributed by atoms with van der Waals surface area (Å²) in [5, 5.41) is 0. The Hall–Kier alpha value is -2.25. The number of carbonyl (C=O) groups excluding carboxylic acids is 1. The molecule has 1 aromatic heterocycles. The minimum absolute atomic E-state index is 0.217. The van der Waals surface area contributed by atoms with Crippen molar-refractivity contribution in [1.29, 1.82) is 0 Å². The molecule has 0 N–H and O–H groups in total. The summed E-state index contributed by atoms with van der Waals surface area (Å²) < 4.78 is 10.7. The average molecular weight is 430 g/mol. The third-order valence-electron chi connectivity index (χ3n) is 5.59. The topological polar surface area (TPSA) is 54.9 Å². The number of nitrogens with zero attached hydrogens (tertiary/aromatic N) is 3. The van der Waals surface area contributed by atoms with Gasteiger partial charge in [0, 0.05) is 43.0 Å². The molecule has 1 fully saturated rings. The number of hydrogen-bond acceptors (Lipinski definition) is 6. The second kappa shape index (κ2) is 11.2. The molecule has 1 amide bonds. The van der Waals surface area contributed by atoms with E-state index in [4.69, 9.17) is 9.47 Å². The Bertz CT molecular complexity index is 819. The van der Waals surface area contributed by atoms with Crippen LogP contribution in [0.25, 0.3) is 0 Å². The first kappa shape index (κ1) is 22.4. The minimum atomic E-state index is 0.217. The van der Waals surface area contributed by atoms with E-state index >= 15 is 0 Å². The van der Waals surface area contributed by atoms with E-state index in [1.807, 2.05) is 29.2 Å². The average Bonchev–Trinajstić information content (AvgIpc) is 2.81. The zero-order valence-corrected chi connectivity index (χ0v) is 18.9. The standard InChI is InChI=1S/C23H31N3O3S/c1-25(14-10-18-6-7-21(28-2)22(15-18)29-3)19-5-4-13-26(16-19)23(27)17-30-20-8-11-24-12-9-20/h6-9,11-12,15,19H,4-5,10,13-14,16-17H2,1-3H3. The zero-order chi connectivity index (χ0) is 21.3. The fourth-order valence-electron chi connectivity index (χ4n) is 3.74. The first-order valence-corrected chi connectivity index (χ1v) is 11.3. The van der Waals surface area contributed by atoms with Crippen molar-refractivity contribution in [2.24, 2.45) is 0 Å². The Morgan fingerprint density at radius 1 is 1.20 bits per heavy atom. The van der Waals surface area contributed by atoms with Crippen molar-refractivity contribution in [3.8, 4) is 11.5 Å². The van der Waals surface area contributed by atoms with E-state index in [-0.39, 0.29) is 5.91 Å². The van der Waals surface area contributed by atoms with Gasteiger partial charge >= 0.3 is 0 Å². The summed E-state index contributed by atoms with van der Waals surface area (Å²) in [6.45, 7) is 2.60. The number of hydrogen-bond donors (Lipinski definition) is 0. The summed E-state index contributed by atoms with van der Waals surface area (Å²) in [7, 11) is 5.47. The van der Waals surface area contributed by atoms with Crippen LogP contribution in [-0.2, 0) is 11.2 Å². The number of carbonyl (C=O) groups is 1. The fourth-order valence-corrected chi connectivity index (χ4v) is 4.52. The van der Waals surface area contributed by atoms with Crippen molar-refractivity contribution >= 4 is 17.7 Å². The smallest absolute Gasteiger partial charge is 0.232 e. The van der Waals surface area contributed by atoms with Crippen molar-refractivity contribution in [3.63, 3.8) is 0 Å². The minimum Gasteiger partial charge on any atom is -0.493 e. The highest BCUT2D eigenvalue weighted by molar-refractivity contribution is 8.00. The van der Waals surface area contributed by atoms with Crippen LogP contribution in [0.5, 0.6) is 11.5 Å². The van der Waals surface area contributed by atoms with Crippen molar-refractivity contribution in [2.45, 2.75) is 30.2 Å². The van der Waals surface area contributed by atoms with Gasteiger partial charge in [0.05, 0.1) is 20.0 Å². The first-order chi connectivity index (χ1) is 14.6. The molecule has 0 saturated carbocycles. The van der Waals surface area contributed by atoms with Gasteiger partial charge in [-0.3, -0.25) is 9.78 Å². The van der Waals surface area contributed by atoms with E-state index in [1.54, 1.807) is 38.4 Å². The van der Waals surface area contributed by atoms with Gasteiger partial charge in [-0.15, -0.1) is 11.8 Å². The van der Waals surface area contributed by atoms with Crippen LogP contribution in [0.3, 0.4) is 0 Å². The van der Waals surface area contributed by atoms with Gasteiger partial charge in [-0.1, -0.05) is 6.07 Å². The van der Waals surface area contributed by atoms with Crippen molar-refractivity contribution < 1.29 is 14.3 Å². The highest BCUT2D eigenvalue weighted by Crippen LogP contribution is 2.28. The molecule has 1 aliphatic rings. The molecular weight excluding hydrogens is 398 g/mol. The van der Waals surface area contributed by atoms with E-state index < -0.39 is 0 Å². The summed E-state index contributed by atoms with van der Waals surface area (Å²) in [4.78, 5) is 22.2. The van der Waals surface area contributed by atoms with Gasteiger partial charge in [0.15, 0.2) is 11.5 Å². The summed E-state index contributed by atoms with van der Waals surface area (Å²) in [6.07, 6.45) is 6.63. The molecule has 0 aliphatic carbocycles. The van der Waals surface area contributed by atoms with Gasteiger partial charge in [0.2, 0.25) is 5.91 Å². The number of ether oxygens (including phenoxy) is 2. The molecule has 1 aliphatic heterocycles. The Kier molecular flexibility index (Phi) is 8.39. The van der Waals surface area contributed by atoms with E-state index in [0.29, 0.717) is 11.8 Å². The quantitative estimate of drug-likeness (QED) is 0.570. The second-order valence-corrected chi connectivity index (χ2v) is 8.58. The van der Waals surface area contributed by atoms with Crippen LogP contribution < -0.4 is 9.47 Å². The third-order valence-corrected chi connectivity index (χ3v) is 6.58. The predicted octanol–water partition coefficient (Wildman–Crippen LogP) is 3.36. The molecule has 0 spiro atoms. The molecule has 1 saturated heterocycles. The summed E-state index contributed by atoms with van der Waals surface area (Å²) in [5.41, 5.74) is 1.22. The molecule has 3 rings (SSSR count). The van der Waals surface area contributed by atoms with Crippen LogP contribution in [0.4, 0.5) is 0 Å². The predicted molar refractivity (Wildman–Crippen MR) is 120 cm³/mol. The second-order valence-electron chi connectivity index (χ2n) is 7.53. The maximum atomic E-state index is 12.7.